The van der Waals surface area contributed by atoms with Crippen LogP contribution in [0.2, 0.25) is 0 Å². The van der Waals surface area contributed by atoms with Gasteiger partial charge in [0.15, 0.2) is 0 Å². The molecule has 2 saturated heterocycles. The zero-order valence-corrected chi connectivity index (χ0v) is 12.4. The van der Waals surface area contributed by atoms with Gasteiger partial charge in [-0.25, -0.2) is 0 Å². The second-order valence-electron chi connectivity index (χ2n) is 6.24. The number of aromatic hydroxyl groups is 1. The van der Waals surface area contributed by atoms with Crippen molar-refractivity contribution in [3.63, 3.8) is 0 Å². The quantitative estimate of drug-likeness (QED) is 0.889. The lowest BCUT2D eigenvalue weighted by atomic mass is 9.91. The van der Waals surface area contributed by atoms with Crippen molar-refractivity contribution >= 4 is 0 Å². The molecule has 2 aliphatic heterocycles. The fourth-order valence-corrected chi connectivity index (χ4v) is 3.95. The second-order valence-corrected chi connectivity index (χ2v) is 6.24. The van der Waals surface area contributed by atoms with Gasteiger partial charge in [0.05, 0.1) is 0 Å². The fraction of sp³-hybridized carbons (Fsp3) is 0.647. The van der Waals surface area contributed by atoms with E-state index in [0.29, 0.717) is 23.9 Å². The van der Waals surface area contributed by atoms with E-state index in [1.54, 1.807) is 6.07 Å². The summed E-state index contributed by atoms with van der Waals surface area (Å²) in [5, 5.41) is 13.8. The molecule has 3 nitrogen and oxygen atoms in total. The van der Waals surface area contributed by atoms with Crippen molar-refractivity contribution in [2.75, 3.05) is 13.1 Å². The zero-order chi connectivity index (χ0) is 13.9. The van der Waals surface area contributed by atoms with Crippen molar-refractivity contribution in [3.05, 3.63) is 29.8 Å². The van der Waals surface area contributed by atoms with Crippen molar-refractivity contribution in [2.24, 2.45) is 0 Å². The molecule has 20 heavy (non-hydrogen) atoms. The largest absolute Gasteiger partial charge is 0.508 e. The maximum atomic E-state index is 10.1. The van der Waals surface area contributed by atoms with Crippen molar-refractivity contribution in [1.82, 2.24) is 10.2 Å². The SMILES string of the molecule is CC(c1ccccc1O)N1CCCCC1C1CCCN1. The zero-order valence-electron chi connectivity index (χ0n) is 12.4. The predicted molar refractivity (Wildman–Crippen MR) is 81.9 cm³/mol. The number of nitrogens with zero attached hydrogens (tertiary/aromatic N) is 1. The number of nitrogens with one attached hydrogen (secondary N) is 1. The van der Waals surface area contributed by atoms with E-state index in [1.165, 1.54) is 38.6 Å². The highest BCUT2D eigenvalue weighted by Gasteiger charge is 2.34. The third-order valence-electron chi connectivity index (χ3n) is 5.04. The molecule has 0 saturated carbocycles. The lowest BCUT2D eigenvalue weighted by molar-refractivity contribution is 0.0792. The number of piperidine rings is 1. The molecule has 2 heterocycles. The van der Waals surface area contributed by atoms with Gasteiger partial charge in [0, 0.05) is 23.7 Å². The lowest BCUT2D eigenvalue weighted by Gasteiger charge is -2.43. The molecule has 0 amide bonds. The highest BCUT2D eigenvalue weighted by Crippen LogP contribution is 2.34. The van der Waals surface area contributed by atoms with Crippen LogP contribution in [0, 0.1) is 0 Å². The van der Waals surface area contributed by atoms with E-state index >= 15 is 0 Å². The molecule has 0 radical (unpaired) electrons. The molecule has 2 fully saturated rings. The predicted octanol–water partition coefficient (Wildman–Crippen LogP) is 3.06. The molecule has 2 N–H and O–H groups in total. The van der Waals surface area contributed by atoms with Crippen LogP contribution >= 0.6 is 0 Å². The normalized spacial score (nSPS) is 29.4. The van der Waals surface area contributed by atoms with Gasteiger partial charge in [-0.1, -0.05) is 24.6 Å². The van der Waals surface area contributed by atoms with E-state index in [-0.39, 0.29) is 0 Å². The van der Waals surface area contributed by atoms with Crippen LogP contribution in [0.4, 0.5) is 0 Å². The molecular weight excluding hydrogens is 248 g/mol. The summed E-state index contributed by atoms with van der Waals surface area (Å²) >= 11 is 0. The monoisotopic (exact) mass is 274 g/mol. The van der Waals surface area contributed by atoms with Crippen LogP contribution in [0.1, 0.15) is 50.6 Å². The average molecular weight is 274 g/mol. The summed E-state index contributed by atoms with van der Waals surface area (Å²) in [6.45, 7) is 4.56. The lowest BCUT2D eigenvalue weighted by Crippen LogP contribution is -2.50. The Kier molecular flexibility index (Phi) is 4.27. The minimum Gasteiger partial charge on any atom is -0.508 e. The molecule has 1 aromatic carbocycles. The summed E-state index contributed by atoms with van der Waals surface area (Å²) < 4.78 is 0. The van der Waals surface area contributed by atoms with Crippen molar-refractivity contribution < 1.29 is 5.11 Å². The van der Waals surface area contributed by atoms with Gasteiger partial charge >= 0.3 is 0 Å². The Bertz CT molecular complexity index is 442. The van der Waals surface area contributed by atoms with Gasteiger partial charge < -0.3 is 10.4 Å². The van der Waals surface area contributed by atoms with Crippen molar-refractivity contribution in [2.45, 2.75) is 57.2 Å². The molecule has 0 aromatic heterocycles. The molecule has 1 aromatic rings. The standard InChI is InChI=1S/C17H26N2O/c1-13(14-7-2-3-10-17(14)20)19-12-5-4-9-16(19)15-8-6-11-18-15/h2-3,7,10,13,15-16,18,20H,4-6,8-9,11-12H2,1H3. The smallest absolute Gasteiger partial charge is 0.120 e. The summed E-state index contributed by atoms with van der Waals surface area (Å²) in [5.74, 6) is 0.434. The Labute approximate surface area is 122 Å². The first-order valence-electron chi connectivity index (χ1n) is 8.04. The number of likely N-dealkylation sites (tertiary alicyclic amines) is 1. The molecule has 3 unspecified atom stereocenters. The van der Waals surface area contributed by atoms with E-state index in [4.69, 9.17) is 0 Å². The number of hydrogen-bond acceptors (Lipinski definition) is 3. The van der Waals surface area contributed by atoms with Gasteiger partial charge in [-0.15, -0.1) is 0 Å². The van der Waals surface area contributed by atoms with Gasteiger partial charge in [-0.05, 0) is 51.8 Å². The molecule has 2 aliphatic rings. The number of para-hydroxylation sites is 1. The fourth-order valence-electron chi connectivity index (χ4n) is 3.95. The first-order valence-corrected chi connectivity index (χ1v) is 8.04. The Balaban J connectivity index is 1.80. The average Bonchev–Trinajstić information content (AvgIpc) is 3.01. The topological polar surface area (TPSA) is 35.5 Å². The van der Waals surface area contributed by atoms with E-state index in [1.807, 2.05) is 12.1 Å². The number of rotatable bonds is 3. The molecular formula is C17H26N2O. The Hall–Kier alpha value is -1.06. The van der Waals surface area contributed by atoms with Crippen molar-refractivity contribution in [3.8, 4) is 5.75 Å². The number of benzene rings is 1. The summed E-state index contributed by atoms with van der Waals surface area (Å²) in [6, 6.07) is 9.36. The summed E-state index contributed by atoms with van der Waals surface area (Å²) in [4.78, 5) is 2.61. The maximum absolute atomic E-state index is 10.1. The molecule has 3 atom stereocenters. The molecule has 0 bridgehead atoms. The minimum absolute atomic E-state index is 0.295. The van der Waals surface area contributed by atoms with Crippen LogP contribution < -0.4 is 5.32 Å². The second kappa shape index (κ2) is 6.15. The van der Waals surface area contributed by atoms with E-state index < -0.39 is 0 Å². The summed E-state index contributed by atoms with van der Waals surface area (Å²) in [5.41, 5.74) is 1.07. The Morgan fingerprint density at radius 2 is 2.05 bits per heavy atom. The third-order valence-corrected chi connectivity index (χ3v) is 5.04. The molecule has 3 rings (SSSR count). The Morgan fingerprint density at radius 1 is 1.20 bits per heavy atom. The van der Waals surface area contributed by atoms with Crippen LogP contribution in [0.15, 0.2) is 24.3 Å². The van der Waals surface area contributed by atoms with Crippen molar-refractivity contribution in [1.29, 1.82) is 0 Å². The van der Waals surface area contributed by atoms with E-state index in [9.17, 15) is 5.11 Å². The van der Waals surface area contributed by atoms with Crippen LogP contribution in [-0.2, 0) is 0 Å². The third kappa shape index (κ3) is 2.70. The van der Waals surface area contributed by atoms with Gasteiger partial charge in [0.25, 0.3) is 0 Å². The van der Waals surface area contributed by atoms with Gasteiger partial charge in [0.1, 0.15) is 5.75 Å². The van der Waals surface area contributed by atoms with Crippen LogP contribution in [0.5, 0.6) is 5.75 Å². The Morgan fingerprint density at radius 3 is 2.80 bits per heavy atom. The summed E-state index contributed by atoms with van der Waals surface area (Å²) in [7, 11) is 0. The highest BCUT2D eigenvalue weighted by atomic mass is 16.3. The highest BCUT2D eigenvalue weighted by molar-refractivity contribution is 5.34. The number of phenols is 1. The van der Waals surface area contributed by atoms with Crippen LogP contribution in [0.3, 0.4) is 0 Å². The summed E-state index contributed by atoms with van der Waals surface area (Å²) in [6.07, 6.45) is 6.51. The number of hydrogen-bond donors (Lipinski definition) is 2. The maximum Gasteiger partial charge on any atom is 0.120 e. The van der Waals surface area contributed by atoms with Crippen LogP contribution in [0.25, 0.3) is 0 Å². The van der Waals surface area contributed by atoms with Gasteiger partial charge in [0.2, 0.25) is 0 Å². The first kappa shape index (κ1) is 13.9. The molecule has 3 heteroatoms. The number of phenolic OH excluding ortho intramolecular Hbond substituents is 1. The van der Waals surface area contributed by atoms with E-state index in [0.717, 1.165) is 12.1 Å². The molecule has 110 valence electrons. The van der Waals surface area contributed by atoms with E-state index in [2.05, 4.69) is 23.2 Å². The molecule has 0 spiro atoms. The van der Waals surface area contributed by atoms with Gasteiger partial charge in [-0.3, -0.25) is 4.90 Å². The first-order chi connectivity index (χ1) is 9.77. The van der Waals surface area contributed by atoms with Crippen LogP contribution in [-0.4, -0.2) is 35.2 Å². The molecule has 0 aliphatic carbocycles. The van der Waals surface area contributed by atoms with Gasteiger partial charge in [-0.2, -0.15) is 0 Å². The minimum atomic E-state index is 0.295.